The minimum atomic E-state index is -1.10. The molecule has 1 aliphatic heterocycles. The fraction of sp³-hybridized carbons (Fsp3) is 0.471. The Labute approximate surface area is 148 Å². The van der Waals surface area contributed by atoms with Crippen molar-refractivity contribution >= 4 is 44.4 Å². The molecule has 6 heteroatoms. The van der Waals surface area contributed by atoms with Gasteiger partial charge >= 0.3 is 5.97 Å². The second kappa shape index (κ2) is 5.80. The molecule has 1 atom stereocenters. The van der Waals surface area contributed by atoms with Gasteiger partial charge in [0.05, 0.1) is 22.8 Å². The van der Waals surface area contributed by atoms with Gasteiger partial charge in [0, 0.05) is 22.7 Å². The molecule has 1 aromatic carbocycles. The Kier molecular flexibility index (Phi) is 4.23. The molecular weight excluding hydrogens is 382 g/mol. The lowest BCUT2D eigenvalue weighted by Gasteiger charge is -2.39. The van der Waals surface area contributed by atoms with Crippen LogP contribution in [0.4, 0.5) is 0 Å². The van der Waals surface area contributed by atoms with Gasteiger partial charge in [-0.2, -0.15) is 0 Å². The molecule has 0 radical (unpaired) electrons. The first-order valence-electron chi connectivity index (χ1n) is 7.61. The summed E-state index contributed by atoms with van der Waals surface area (Å²) < 4.78 is 12.6. The van der Waals surface area contributed by atoms with Crippen molar-refractivity contribution in [2.24, 2.45) is 5.92 Å². The SMILES string of the molecule is CC(=O)OC1(C(C)C)OCCc2c1[nH]c1c(Cl)cc(C)c(Br)c21. The van der Waals surface area contributed by atoms with Crippen molar-refractivity contribution in [2.45, 2.75) is 39.9 Å². The lowest BCUT2D eigenvalue weighted by atomic mass is 9.91. The van der Waals surface area contributed by atoms with E-state index in [2.05, 4.69) is 20.9 Å². The van der Waals surface area contributed by atoms with Crippen LogP contribution in [0.1, 0.15) is 37.6 Å². The number of aromatic nitrogens is 1. The van der Waals surface area contributed by atoms with Gasteiger partial charge in [0.15, 0.2) is 0 Å². The van der Waals surface area contributed by atoms with Gasteiger partial charge < -0.3 is 14.5 Å². The number of nitrogens with one attached hydrogen (secondary N) is 1. The van der Waals surface area contributed by atoms with E-state index in [0.717, 1.165) is 38.6 Å². The molecule has 1 aromatic heterocycles. The third-order valence-electron chi connectivity index (χ3n) is 4.32. The van der Waals surface area contributed by atoms with Crippen LogP contribution in [0.2, 0.25) is 5.02 Å². The van der Waals surface area contributed by atoms with Crippen LogP contribution in [0.5, 0.6) is 0 Å². The number of aryl methyl sites for hydroxylation is 1. The maximum Gasteiger partial charge on any atom is 0.305 e. The Hall–Kier alpha value is -1.04. The number of ether oxygens (including phenoxy) is 2. The molecule has 2 aromatic rings. The molecule has 23 heavy (non-hydrogen) atoms. The summed E-state index contributed by atoms with van der Waals surface area (Å²) in [4.78, 5) is 15.0. The zero-order valence-electron chi connectivity index (χ0n) is 13.5. The molecule has 0 bridgehead atoms. The maximum absolute atomic E-state index is 11.7. The zero-order chi connectivity index (χ0) is 16.9. The summed E-state index contributed by atoms with van der Waals surface area (Å²) in [5.41, 5.74) is 3.80. The molecule has 0 amide bonds. The Balaban J connectivity index is 2.35. The van der Waals surface area contributed by atoms with Gasteiger partial charge in [0.1, 0.15) is 0 Å². The Bertz CT molecular complexity index is 799. The van der Waals surface area contributed by atoms with E-state index in [1.54, 1.807) is 0 Å². The van der Waals surface area contributed by atoms with Gasteiger partial charge in [-0.15, -0.1) is 0 Å². The average molecular weight is 401 g/mol. The van der Waals surface area contributed by atoms with Crippen molar-refractivity contribution in [3.8, 4) is 0 Å². The lowest BCUT2D eigenvalue weighted by molar-refractivity contribution is -0.265. The predicted molar refractivity (Wildman–Crippen MR) is 93.7 cm³/mol. The molecule has 1 unspecified atom stereocenters. The number of H-pyrrole nitrogens is 1. The van der Waals surface area contributed by atoms with Gasteiger partial charge in [-0.1, -0.05) is 25.4 Å². The molecule has 0 fully saturated rings. The summed E-state index contributed by atoms with van der Waals surface area (Å²) in [7, 11) is 0. The monoisotopic (exact) mass is 399 g/mol. The first-order valence-corrected chi connectivity index (χ1v) is 8.78. The Morgan fingerprint density at radius 3 is 2.83 bits per heavy atom. The van der Waals surface area contributed by atoms with E-state index in [0.29, 0.717) is 11.6 Å². The second-order valence-electron chi connectivity index (χ2n) is 6.23. The van der Waals surface area contributed by atoms with E-state index < -0.39 is 5.79 Å². The van der Waals surface area contributed by atoms with E-state index in [1.165, 1.54) is 6.92 Å². The van der Waals surface area contributed by atoms with Crippen LogP contribution >= 0.6 is 27.5 Å². The summed E-state index contributed by atoms with van der Waals surface area (Å²) in [6.07, 6.45) is 0.740. The van der Waals surface area contributed by atoms with E-state index in [1.807, 2.05) is 26.8 Å². The number of hydrogen-bond acceptors (Lipinski definition) is 3. The summed E-state index contributed by atoms with van der Waals surface area (Å²) in [6, 6.07) is 1.92. The first-order chi connectivity index (χ1) is 10.8. The van der Waals surface area contributed by atoms with Crippen LogP contribution in [0.25, 0.3) is 10.9 Å². The quantitative estimate of drug-likeness (QED) is 0.734. The fourth-order valence-electron chi connectivity index (χ4n) is 3.27. The van der Waals surface area contributed by atoms with Crippen molar-refractivity contribution in [1.82, 2.24) is 4.98 Å². The summed E-state index contributed by atoms with van der Waals surface area (Å²) in [5.74, 6) is -1.52. The van der Waals surface area contributed by atoms with Crippen LogP contribution < -0.4 is 0 Å². The van der Waals surface area contributed by atoms with Crippen molar-refractivity contribution in [3.05, 3.63) is 32.4 Å². The highest BCUT2D eigenvalue weighted by Crippen LogP contribution is 2.46. The molecule has 124 valence electrons. The number of aromatic amines is 1. The third kappa shape index (κ3) is 2.49. The normalized spacial score (nSPS) is 20.8. The van der Waals surface area contributed by atoms with Crippen LogP contribution in [0.15, 0.2) is 10.5 Å². The van der Waals surface area contributed by atoms with Crippen molar-refractivity contribution in [2.75, 3.05) is 6.61 Å². The fourth-order valence-corrected chi connectivity index (χ4v) is 4.13. The molecule has 4 nitrogen and oxygen atoms in total. The highest BCUT2D eigenvalue weighted by atomic mass is 79.9. The number of halogens is 2. The van der Waals surface area contributed by atoms with Crippen molar-refractivity contribution in [3.63, 3.8) is 0 Å². The number of hydrogen-bond donors (Lipinski definition) is 1. The van der Waals surface area contributed by atoms with Gasteiger partial charge in [-0.25, -0.2) is 0 Å². The van der Waals surface area contributed by atoms with E-state index in [-0.39, 0.29) is 11.9 Å². The average Bonchev–Trinajstić information content (AvgIpc) is 2.85. The molecular formula is C17H19BrClNO3. The molecule has 0 saturated carbocycles. The minimum Gasteiger partial charge on any atom is -0.427 e. The van der Waals surface area contributed by atoms with E-state index >= 15 is 0 Å². The molecule has 2 heterocycles. The summed E-state index contributed by atoms with van der Waals surface area (Å²) in [5, 5.41) is 1.70. The topological polar surface area (TPSA) is 51.3 Å². The highest BCUT2D eigenvalue weighted by Gasteiger charge is 2.46. The smallest absolute Gasteiger partial charge is 0.305 e. The largest absolute Gasteiger partial charge is 0.427 e. The van der Waals surface area contributed by atoms with Crippen LogP contribution in [0.3, 0.4) is 0 Å². The van der Waals surface area contributed by atoms with Crippen LogP contribution in [-0.2, 0) is 26.5 Å². The molecule has 0 saturated heterocycles. The second-order valence-corrected chi connectivity index (χ2v) is 7.43. The maximum atomic E-state index is 11.7. The molecule has 3 rings (SSSR count). The number of carbonyl (C=O) groups excluding carboxylic acids is 1. The van der Waals surface area contributed by atoms with E-state index in [4.69, 9.17) is 21.1 Å². The number of carbonyl (C=O) groups is 1. The summed E-state index contributed by atoms with van der Waals surface area (Å²) >= 11 is 10.1. The highest BCUT2D eigenvalue weighted by molar-refractivity contribution is 9.10. The predicted octanol–water partition coefficient (Wildman–Crippen LogP) is 4.84. The van der Waals surface area contributed by atoms with Gasteiger partial charge in [0.25, 0.3) is 5.79 Å². The van der Waals surface area contributed by atoms with Gasteiger partial charge in [0.2, 0.25) is 0 Å². The lowest BCUT2D eigenvalue weighted by Crippen LogP contribution is -2.44. The molecule has 1 aliphatic rings. The van der Waals surface area contributed by atoms with E-state index in [9.17, 15) is 4.79 Å². The summed E-state index contributed by atoms with van der Waals surface area (Å²) in [6.45, 7) is 7.85. The van der Waals surface area contributed by atoms with Crippen LogP contribution in [-0.4, -0.2) is 17.6 Å². The zero-order valence-corrected chi connectivity index (χ0v) is 15.9. The number of benzene rings is 1. The minimum absolute atomic E-state index is 0.0443. The van der Waals surface area contributed by atoms with Crippen LogP contribution in [0, 0.1) is 12.8 Å². The molecule has 1 N–H and O–H groups in total. The number of fused-ring (bicyclic) bond motifs is 3. The van der Waals surface area contributed by atoms with Crippen molar-refractivity contribution < 1.29 is 14.3 Å². The Morgan fingerprint density at radius 2 is 2.22 bits per heavy atom. The first kappa shape index (κ1) is 16.8. The van der Waals surface area contributed by atoms with Crippen molar-refractivity contribution in [1.29, 1.82) is 0 Å². The Morgan fingerprint density at radius 1 is 1.52 bits per heavy atom. The number of rotatable bonds is 2. The third-order valence-corrected chi connectivity index (χ3v) is 5.64. The molecule has 0 aliphatic carbocycles. The molecule has 0 spiro atoms. The van der Waals surface area contributed by atoms with Gasteiger partial charge in [-0.05, 0) is 46.5 Å². The van der Waals surface area contributed by atoms with Gasteiger partial charge in [-0.3, -0.25) is 4.79 Å². The standard InChI is InChI=1S/C17H19BrClNO3/c1-8(2)17(23-10(4)21)16-11(5-6-22-17)13-14(18)9(3)7-12(19)15(13)20-16/h7-8,20H,5-6H2,1-4H3. The number of esters is 1.